The Kier molecular flexibility index (Phi) is 5.63. The summed E-state index contributed by atoms with van der Waals surface area (Å²) in [6.45, 7) is 14.7. The molecular weight excluding hydrogens is 222 g/mol. The molecule has 0 unspecified atom stereocenters. The number of rotatable bonds is 5. The molecule has 0 aromatic rings. The van der Waals surface area contributed by atoms with Crippen molar-refractivity contribution >= 4 is 0 Å². The number of likely N-dealkylation sites (N-methyl/N-ethyl adjacent to an activating group) is 1. The Hall–Kier alpha value is -0.120. The average molecular weight is 255 g/mol. The molecule has 1 saturated heterocycles. The maximum absolute atomic E-state index is 6.12. The first-order valence-corrected chi connectivity index (χ1v) is 7.47. The van der Waals surface area contributed by atoms with E-state index in [1.165, 1.54) is 38.9 Å². The van der Waals surface area contributed by atoms with Gasteiger partial charge < -0.3 is 10.6 Å². The quantitative estimate of drug-likeness (QED) is 0.817. The van der Waals surface area contributed by atoms with Crippen LogP contribution in [-0.4, -0.2) is 55.1 Å². The normalized spacial score (nSPS) is 21.5. The van der Waals surface area contributed by atoms with Crippen LogP contribution in [0.5, 0.6) is 0 Å². The lowest BCUT2D eigenvalue weighted by molar-refractivity contribution is 0.0254. The molecule has 0 aromatic carbocycles. The first-order valence-electron chi connectivity index (χ1n) is 7.47. The molecule has 0 aromatic heterocycles. The van der Waals surface area contributed by atoms with Gasteiger partial charge in [-0.05, 0) is 51.4 Å². The van der Waals surface area contributed by atoms with Crippen LogP contribution in [-0.2, 0) is 0 Å². The number of nitrogens with zero attached hydrogens (tertiary/aromatic N) is 2. The van der Waals surface area contributed by atoms with E-state index in [1.54, 1.807) is 0 Å². The van der Waals surface area contributed by atoms with Crippen LogP contribution in [0.4, 0.5) is 0 Å². The first kappa shape index (κ1) is 15.9. The maximum atomic E-state index is 6.12. The van der Waals surface area contributed by atoms with Crippen molar-refractivity contribution in [3.05, 3.63) is 0 Å². The predicted octanol–water partition coefficient (Wildman–Crippen LogP) is 2.17. The Morgan fingerprint density at radius 2 is 1.78 bits per heavy atom. The second-order valence-electron chi connectivity index (χ2n) is 7.19. The molecule has 0 spiro atoms. The summed E-state index contributed by atoms with van der Waals surface area (Å²) in [5.74, 6) is 0. The molecule has 0 bridgehead atoms. The molecule has 0 saturated carbocycles. The van der Waals surface area contributed by atoms with Gasteiger partial charge in [-0.1, -0.05) is 27.7 Å². The van der Waals surface area contributed by atoms with Crippen molar-refractivity contribution in [3.8, 4) is 0 Å². The molecule has 0 amide bonds. The monoisotopic (exact) mass is 255 g/mol. The van der Waals surface area contributed by atoms with Crippen molar-refractivity contribution in [1.82, 2.24) is 9.80 Å². The van der Waals surface area contributed by atoms with E-state index in [1.807, 2.05) is 0 Å². The highest BCUT2D eigenvalue weighted by atomic mass is 15.2. The number of likely N-dealkylation sites (tertiary alicyclic amines) is 1. The van der Waals surface area contributed by atoms with Gasteiger partial charge in [-0.2, -0.15) is 0 Å². The summed E-state index contributed by atoms with van der Waals surface area (Å²) >= 11 is 0. The van der Waals surface area contributed by atoms with E-state index in [4.69, 9.17) is 5.73 Å². The third-order valence-electron chi connectivity index (χ3n) is 4.23. The molecule has 0 radical (unpaired) electrons. The van der Waals surface area contributed by atoms with Crippen molar-refractivity contribution < 1.29 is 0 Å². The minimum Gasteiger partial charge on any atom is -0.329 e. The van der Waals surface area contributed by atoms with E-state index in [2.05, 4.69) is 44.5 Å². The smallest absolute Gasteiger partial charge is 0.0353 e. The fourth-order valence-corrected chi connectivity index (χ4v) is 3.13. The second-order valence-corrected chi connectivity index (χ2v) is 7.19. The number of piperidine rings is 1. The minimum atomic E-state index is 0.234. The van der Waals surface area contributed by atoms with Crippen molar-refractivity contribution in [3.63, 3.8) is 0 Å². The zero-order valence-electron chi connectivity index (χ0n) is 13.1. The topological polar surface area (TPSA) is 32.5 Å². The van der Waals surface area contributed by atoms with Gasteiger partial charge in [0.25, 0.3) is 0 Å². The lowest BCUT2D eigenvalue weighted by Gasteiger charge is -2.48. The van der Waals surface area contributed by atoms with E-state index in [0.717, 1.165) is 13.1 Å². The average Bonchev–Trinajstić information content (AvgIpc) is 2.28. The van der Waals surface area contributed by atoms with Crippen LogP contribution in [0.25, 0.3) is 0 Å². The maximum Gasteiger partial charge on any atom is 0.0353 e. The Balaban J connectivity index is 2.59. The van der Waals surface area contributed by atoms with Crippen LogP contribution >= 0.6 is 0 Å². The van der Waals surface area contributed by atoms with E-state index in [-0.39, 0.29) is 5.54 Å². The van der Waals surface area contributed by atoms with Crippen LogP contribution in [0.3, 0.4) is 0 Å². The third kappa shape index (κ3) is 4.22. The predicted molar refractivity (Wildman–Crippen MR) is 79.8 cm³/mol. The van der Waals surface area contributed by atoms with Gasteiger partial charge in [0.2, 0.25) is 0 Å². The molecule has 1 aliphatic heterocycles. The largest absolute Gasteiger partial charge is 0.329 e. The Bertz CT molecular complexity index is 237. The highest BCUT2D eigenvalue weighted by Gasteiger charge is 2.37. The highest BCUT2D eigenvalue weighted by Crippen LogP contribution is 2.29. The van der Waals surface area contributed by atoms with Gasteiger partial charge in [-0.15, -0.1) is 0 Å². The molecular formula is C15H33N3. The molecule has 1 rings (SSSR count). The third-order valence-corrected chi connectivity index (χ3v) is 4.23. The summed E-state index contributed by atoms with van der Waals surface area (Å²) < 4.78 is 0. The van der Waals surface area contributed by atoms with E-state index in [0.29, 0.717) is 5.41 Å². The molecule has 2 N–H and O–H groups in total. The molecule has 0 aliphatic carbocycles. The fourth-order valence-electron chi connectivity index (χ4n) is 3.13. The van der Waals surface area contributed by atoms with Crippen LogP contribution in [0.15, 0.2) is 0 Å². The summed E-state index contributed by atoms with van der Waals surface area (Å²) in [4.78, 5) is 5.11. The summed E-state index contributed by atoms with van der Waals surface area (Å²) in [5.41, 5.74) is 6.70. The minimum absolute atomic E-state index is 0.234. The van der Waals surface area contributed by atoms with Crippen LogP contribution in [0.2, 0.25) is 0 Å². The van der Waals surface area contributed by atoms with Crippen LogP contribution in [0, 0.1) is 5.41 Å². The fraction of sp³-hybridized carbons (Fsp3) is 1.00. The van der Waals surface area contributed by atoms with E-state index in [9.17, 15) is 0 Å². The Labute approximate surface area is 114 Å². The summed E-state index contributed by atoms with van der Waals surface area (Å²) in [6, 6.07) is 0. The standard InChI is InChI=1S/C15H33N3/c1-6-9-18-10-7-15(12-16,8-11-18)17(5)13-14(2,3)4/h6-13,16H2,1-5H3. The van der Waals surface area contributed by atoms with Gasteiger partial charge in [-0.3, -0.25) is 4.90 Å². The van der Waals surface area contributed by atoms with Crippen LogP contribution < -0.4 is 5.73 Å². The first-order chi connectivity index (χ1) is 8.33. The number of hydrogen-bond acceptors (Lipinski definition) is 3. The van der Waals surface area contributed by atoms with Crippen molar-refractivity contribution in [2.75, 3.05) is 39.8 Å². The van der Waals surface area contributed by atoms with Crippen molar-refractivity contribution in [2.24, 2.45) is 11.1 Å². The van der Waals surface area contributed by atoms with Crippen LogP contribution in [0.1, 0.15) is 47.0 Å². The summed E-state index contributed by atoms with van der Waals surface area (Å²) in [6.07, 6.45) is 3.69. The summed E-state index contributed by atoms with van der Waals surface area (Å²) in [5, 5.41) is 0. The summed E-state index contributed by atoms with van der Waals surface area (Å²) in [7, 11) is 2.26. The van der Waals surface area contributed by atoms with Gasteiger partial charge >= 0.3 is 0 Å². The Morgan fingerprint density at radius 1 is 1.22 bits per heavy atom. The van der Waals surface area contributed by atoms with Gasteiger partial charge in [0.15, 0.2) is 0 Å². The van der Waals surface area contributed by atoms with Gasteiger partial charge in [-0.25, -0.2) is 0 Å². The zero-order chi connectivity index (χ0) is 13.8. The SMILES string of the molecule is CCCN1CCC(CN)(N(C)CC(C)(C)C)CC1. The molecule has 0 atom stereocenters. The zero-order valence-corrected chi connectivity index (χ0v) is 13.1. The highest BCUT2D eigenvalue weighted by molar-refractivity contribution is 4.96. The van der Waals surface area contributed by atoms with Gasteiger partial charge in [0.05, 0.1) is 0 Å². The number of nitrogens with two attached hydrogens (primary N) is 1. The molecule has 108 valence electrons. The molecule has 1 fully saturated rings. The van der Waals surface area contributed by atoms with E-state index >= 15 is 0 Å². The Morgan fingerprint density at radius 3 is 2.17 bits per heavy atom. The lowest BCUT2D eigenvalue weighted by atomic mass is 9.83. The molecule has 3 heteroatoms. The van der Waals surface area contributed by atoms with Crippen molar-refractivity contribution in [1.29, 1.82) is 0 Å². The van der Waals surface area contributed by atoms with Crippen molar-refractivity contribution in [2.45, 2.75) is 52.5 Å². The molecule has 1 heterocycles. The number of hydrogen-bond donors (Lipinski definition) is 1. The molecule has 18 heavy (non-hydrogen) atoms. The second kappa shape index (κ2) is 6.36. The van der Waals surface area contributed by atoms with Gasteiger partial charge in [0, 0.05) is 18.6 Å². The lowest BCUT2D eigenvalue weighted by Crippen LogP contribution is -2.59. The van der Waals surface area contributed by atoms with E-state index < -0.39 is 0 Å². The van der Waals surface area contributed by atoms with Gasteiger partial charge in [0.1, 0.15) is 0 Å². The molecule has 1 aliphatic rings. The molecule has 3 nitrogen and oxygen atoms in total.